The molecule has 4 heterocycles. The summed E-state index contributed by atoms with van der Waals surface area (Å²) in [6.07, 6.45) is 3.34. The summed E-state index contributed by atoms with van der Waals surface area (Å²) in [5.74, 6) is -0.296. The second-order valence-corrected chi connectivity index (χ2v) is 9.24. The van der Waals surface area contributed by atoms with Crippen molar-refractivity contribution in [2.75, 3.05) is 20.7 Å². The number of amides is 1. The van der Waals surface area contributed by atoms with E-state index in [1.807, 2.05) is 0 Å². The summed E-state index contributed by atoms with van der Waals surface area (Å²) in [6, 6.07) is 5.81. The van der Waals surface area contributed by atoms with E-state index in [2.05, 4.69) is 10.2 Å². The first-order valence-electron chi connectivity index (χ1n) is 10.9. The molecule has 35 heavy (non-hydrogen) atoms. The van der Waals surface area contributed by atoms with Crippen LogP contribution < -0.4 is 16.0 Å². The smallest absolute Gasteiger partial charge is 0.333 e. The number of benzene rings is 1. The van der Waals surface area contributed by atoms with Gasteiger partial charge in [-0.3, -0.25) is 19.0 Å². The number of ether oxygens (including phenoxy) is 1. The number of rotatable bonds is 6. The lowest BCUT2D eigenvalue weighted by Gasteiger charge is -2.16. The second kappa shape index (κ2) is 8.62. The molecule has 3 aromatic heterocycles. The summed E-state index contributed by atoms with van der Waals surface area (Å²) in [5, 5.41) is 9.12. The van der Waals surface area contributed by atoms with Crippen molar-refractivity contribution in [1.29, 1.82) is 0 Å². The van der Waals surface area contributed by atoms with Gasteiger partial charge in [0.25, 0.3) is 5.56 Å². The number of carbonyl (C=O) groups excluding carboxylic acids is 2. The van der Waals surface area contributed by atoms with Crippen molar-refractivity contribution in [1.82, 2.24) is 29.0 Å². The number of nitrogens with zero attached hydrogens (tertiary/aromatic N) is 6. The number of thiophene rings is 1. The molecule has 11 nitrogen and oxygen atoms in total. The highest BCUT2D eigenvalue weighted by atomic mass is 32.1. The fourth-order valence-electron chi connectivity index (χ4n) is 4.43. The number of para-hydroxylation sites is 1. The van der Waals surface area contributed by atoms with Crippen molar-refractivity contribution in [3.8, 4) is 10.8 Å². The van der Waals surface area contributed by atoms with Gasteiger partial charge in [-0.2, -0.15) is 10.2 Å². The summed E-state index contributed by atoms with van der Waals surface area (Å²) < 4.78 is 7.57. The van der Waals surface area contributed by atoms with Crippen LogP contribution in [-0.2, 0) is 11.3 Å². The Bertz CT molecular complexity index is 1580. The zero-order valence-corrected chi connectivity index (χ0v) is 20.1. The Kier molecular flexibility index (Phi) is 5.59. The molecule has 1 aliphatic rings. The van der Waals surface area contributed by atoms with Crippen LogP contribution in [0.2, 0.25) is 0 Å². The Morgan fingerprint density at radius 2 is 1.89 bits per heavy atom. The van der Waals surface area contributed by atoms with Gasteiger partial charge in [0.2, 0.25) is 5.91 Å². The highest BCUT2D eigenvalue weighted by Crippen LogP contribution is 2.31. The largest absolute Gasteiger partial charge is 0.496 e. The topological polar surface area (TPSA) is 121 Å². The number of likely N-dealkylation sites (N-methyl/N-ethyl adjacent to an activating group) is 1. The van der Waals surface area contributed by atoms with Gasteiger partial charge in [-0.1, -0.05) is 23.5 Å². The lowest BCUT2D eigenvalue weighted by molar-refractivity contribution is -0.129. The lowest BCUT2D eigenvalue weighted by atomic mass is 10.1. The van der Waals surface area contributed by atoms with Crippen LogP contribution in [0.5, 0.6) is 5.75 Å². The third-order valence-electron chi connectivity index (χ3n) is 6.24. The molecule has 0 spiro atoms. The standard InChI is InChI=1S/C23H22N6O5S/c1-13-18-20(32)28(15-8-11-26(2)19(15)31)23(33)27(22(18)35-21(13)29-24-9-10-25-29)12-16(30)14-6-4-5-7-17(14)34-3/h4-7,9-10,15H,8,11-12H2,1-3H3. The van der Waals surface area contributed by atoms with Gasteiger partial charge < -0.3 is 9.64 Å². The van der Waals surface area contributed by atoms with Crippen molar-refractivity contribution in [2.24, 2.45) is 0 Å². The van der Waals surface area contributed by atoms with E-state index in [0.717, 1.165) is 15.9 Å². The number of aromatic nitrogens is 5. The van der Waals surface area contributed by atoms with E-state index in [9.17, 15) is 19.2 Å². The summed E-state index contributed by atoms with van der Waals surface area (Å²) >= 11 is 1.15. The van der Waals surface area contributed by atoms with Gasteiger partial charge >= 0.3 is 5.69 Å². The molecule has 0 aliphatic carbocycles. The summed E-state index contributed by atoms with van der Waals surface area (Å²) in [7, 11) is 3.10. The molecular weight excluding hydrogens is 472 g/mol. The first kappa shape index (κ1) is 22.7. The molecule has 1 amide bonds. The van der Waals surface area contributed by atoms with Crippen LogP contribution in [0, 0.1) is 6.92 Å². The Balaban J connectivity index is 1.76. The van der Waals surface area contributed by atoms with Crippen LogP contribution in [0.25, 0.3) is 15.2 Å². The number of ketones is 1. The molecular formula is C23H22N6O5S. The molecule has 1 atom stereocenters. The number of fused-ring (bicyclic) bond motifs is 1. The number of Topliss-reactive ketones (excluding diaryl/α,β-unsaturated/α-hetero) is 1. The van der Waals surface area contributed by atoms with Crippen LogP contribution in [0.1, 0.15) is 28.4 Å². The summed E-state index contributed by atoms with van der Waals surface area (Å²) in [4.78, 5) is 56.6. The third-order valence-corrected chi connectivity index (χ3v) is 7.52. The molecule has 0 radical (unpaired) electrons. The van der Waals surface area contributed by atoms with Gasteiger partial charge in [-0.15, -0.1) is 4.80 Å². The molecule has 1 saturated heterocycles. The molecule has 5 rings (SSSR count). The van der Waals surface area contributed by atoms with E-state index in [1.165, 1.54) is 33.8 Å². The van der Waals surface area contributed by atoms with Crippen LogP contribution in [0.3, 0.4) is 0 Å². The minimum atomic E-state index is -0.928. The molecule has 1 aliphatic heterocycles. The molecule has 1 fully saturated rings. The van der Waals surface area contributed by atoms with Crippen molar-refractivity contribution in [3.63, 3.8) is 0 Å². The van der Waals surface area contributed by atoms with Gasteiger partial charge in [-0.25, -0.2) is 9.36 Å². The Morgan fingerprint density at radius 3 is 2.54 bits per heavy atom. The van der Waals surface area contributed by atoms with Crippen LogP contribution in [-0.4, -0.2) is 61.4 Å². The molecule has 0 saturated carbocycles. The van der Waals surface area contributed by atoms with E-state index >= 15 is 0 Å². The van der Waals surface area contributed by atoms with Gasteiger partial charge in [0.05, 0.1) is 37.0 Å². The zero-order valence-electron chi connectivity index (χ0n) is 19.3. The molecule has 4 aromatic rings. The maximum absolute atomic E-state index is 13.7. The Hall–Kier alpha value is -4.06. The fourth-order valence-corrected chi connectivity index (χ4v) is 5.64. The van der Waals surface area contributed by atoms with Crippen molar-refractivity contribution in [2.45, 2.75) is 25.9 Å². The highest BCUT2D eigenvalue weighted by molar-refractivity contribution is 7.21. The molecule has 1 aromatic carbocycles. The minimum absolute atomic E-state index is 0.261. The number of hydrogen-bond donors (Lipinski definition) is 0. The molecule has 0 bridgehead atoms. The van der Waals surface area contributed by atoms with Crippen molar-refractivity contribution < 1.29 is 14.3 Å². The van der Waals surface area contributed by atoms with Crippen molar-refractivity contribution in [3.05, 3.63) is 68.6 Å². The molecule has 12 heteroatoms. The SMILES string of the molecule is COc1ccccc1C(=O)Cn1c(=O)n(C2CCN(C)C2=O)c(=O)c2c(C)c(-n3nccn3)sc21. The first-order chi connectivity index (χ1) is 16.8. The maximum Gasteiger partial charge on any atom is 0.333 e. The number of hydrogen-bond acceptors (Lipinski definition) is 8. The maximum atomic E-state index is 13.7. The second-order valence-electron chi connectivity index (χ2n) is 8.26. The molecule has 180 valence electrons. The third kappa shape index (κ3) is 3.57. The molecule has 0 N–H and O–H groups in total. The first-order valence-corrected chi connectivity index (χ1v) is 11.7. The van der Waals surface area contributed by atoms with Crippen LogP contribution in [0.4, 0.5) is 0 Å². The zero-order chi connectivity index (χ0) is 24.9. The number of aryl methyl sites for hydroxylation is 1. The van der Waals surface area contributed by atoms with E-state index in [-0.39, 0.29) is 23.6 Å². The number of carbonyl (C=O) groups is 2. The predicted octanol–water partition coefficient (Wildman–Crippen LogP) is 1.41. The quantitative estimate of drug-likeness (QED) is 0.372. The minimum Gasteiger partial charge on any atom is -0.496 e. The highest BCUT2D eigenvalue weighted by Gasteiger charge is 2.35. The van der Waals surface area contributed by atoms with Gasteiger partial charge in [0.1, 0.15) is 21.6 Å². The molecule has 1 unspecified atom stereocenters. The summed E-state index contributed by atoms with van der Waals surface area (Å²) in [5.41, 5.74) is -0.392. The lowest BCUT2D eigenvalue weighted by Crippen LogP contribution is -2.44. The monoisotopic (exact) mass is 494 g/mol. The van der Waals surface area contributed by atoms with Gasteiger partial charge in [-0.05, 0) is 25.5 Å². The van der Waals surface area contributed by atoms with E-state index < -0.39 is 17.3 Å². The fraction of sp³-hybridized carbons (Fsp3) is 0.304. The van der Waals surface area contributed by atoms with Crippen LogP contribution >= 0.6 is 11.3 Å². The average Bonchev–Trinajstić information content (AvgIpc) is 3.58. The van der Waals surface area contributed by atoms with Crippen LogP contribution in [0.15, 0.2) is 46.2 Å². The number of methoxy groups -OCH3 is 1. The normalized spacial score (nSPS) is 15.8. The average molecular weight is 495 g/mol. The number of likely N-dealkylation sites (tertiary alicyclic amines) is 1. The van der Waals surface area contributed by atoms with Crippen molar-refractivity contribution >= 4 is 33.2 Å². The summed E-state index contributed by atoms with van der Waals surface area (Å²) in [6.45, 7) is 1.83. The van der Waals surface area contributed by atoms with Gasteiger partial charge in [0.15, 0.2) is 5.78 Å². The van der Waals surface area contributed by atoms with E-state index in [4.69, 9.17) is 4.74 Å². The Labute approximate surface area is 202 Å². The van der Waals surface area contributed by atoms with Gasteiger partial charge in [0, 0.05) is 19.2 Å². The predicted molar refractivity (Wildman–Crippen MR) is 129 cm³/mol. The van der Waals surface area contributed by atoms with E-state index in [1.54, 1.807) is 38.2 Å². The Morgan fingerprint density at radius 1 is 1.17 bits per heavy atom. The van der Waals surface area contributed by atoms with E-state index in [0.29, 0.717) is 39.7 Å².